The summed E-state index contributed by atoms with van der Waals surface area (Å²) in [6.45, 7) is 3.56. The molecule has 0 saturated heterocycles. The number of carbonyl (C=O) groups is 3. The van der Waals surface area contributed by atoms with Crippen LogP contribution in [-0.2, 0) is 27.3 Å². The van der Waals surface area contributed by atoms with Gasteiger partial charge in [-0.2, -0.15) is 0 Å². The second kappa shape index (κ2) is 12.4. The van der Waals surface area contributed by atoms with Crippen molar-refractivity contribution in [1.29, 1.82) is 0 Å². The molecule has 8 nitrogen and oxygen atoms in total. The van der Waals surface area contributed by atoms with Crippen molar-refractivity contribution in [3.63, 3.8) is 0 Å². The first kappa shape index (κ1) is 26.3. The smallest absolute Gasteiger partial charge is 0.408 e. The zero-order valence-electron chi connectivity index (χ0n) is 20.3. The molecule has 1 aromatic heterocycles. The molecule has 0 radical (unpaired) electrons. The predicted octanol–water partition coefficient (Wildman–Crippen LogP) is 3.96. The summed E-state index contributed by atoms with van der Waals surface area (Å²) in [5, 5.41) is 4.93. The number of nitrogens with one attached hydrogen (secondary N) is 2. The van der Waals surface area contributed by atoms with Crippen LogP contribution in [0.4, 0.5) is 9.18 Å². The molecule has 2 N–H and O–H groups in total. The Morgan fingerprint density at radius 3 is 2.53 bits per heavy atom. The molecule has 2 amide bonds. The van der Waals surface area contributed by atoms with Gasteiger partial charge in [-0.3, -0.25) is 9.78 Å². The van der Waals surface area contributed by atoms with Gasteiger partial charge in [0, 0.05) is 29.6 Å². The summed E-state index contributed by atoms with van der Waals surface area (Å²) in [5.74, 6) is -1.98. The molecule has 0 aliphatic heterocycles. The van der Waals surface area contributed by atoms with Gasteiger partial charge in [0.2, 0.25) is 0 Å². The van der Waals surface area contributed by atoms with E-state index < -0.39 is 29.8 Å². The number of ether oxygens (including phenoxy) is 2. The van der Waals surface area contributed by atoms with E-state index in [1.807, 2.05) is 26.0 Å². The Bertz CT molecular complexity index is 1230. The van der Waals surface area contributed by atoms with E-state index in [9.17, 15) is 18.8 Å². The lowest BCUT2D eigenvalue weighted by Crippen LogP contribution is -2.49. The van der Waals surface area contributed by atoms with Gasteiger partial charge in [-0.15, -0.1) is 0 Å². The predicted molar refractivity (Wildman–Crippen MR) is 132 cm³/mol. The van der Waals surface area contributed by atoms with Gasteiger partial charge in [0.25, 0.3) is 5.91 Å². The first-order valence-electron chi connectivity index (χ1n) is 11.4. The highest BCUT2D eigenvalue weighted by molar-refractivity contribution is 5.96. The summed E-state index contributed by atoms with van der Waals surface area (Å²) in [5.41, 5.74) is 3.82. The van der Waals surface area contributed by atoms with Gasteiger partial charge in [0.15, 0.2) is 0 Å². The zero-order chi connectivity index (χ0) is 26.1. The van der Waals surface area contributed by atoms with Crippen LogP contribution >= 0.6 is 0 Å². The molecule has 0 unspecified atom stereocenters. The Kier molecular flexibility index (Phi) is 9.10. The highest BCUT2D eigenvalue weighted by Crippen LogP contribution is 2.28. The molecule has 36 heavy (non-hydrogen) atoms. The number of amides is 2. The van der Waals surface area contributed by atoms with E-state index in [4.69, 9.17) is 9.47 Å². The summed E-state index contributed by atoms with van der Waals surface area (Å²) in [4.78, 5) is 41.6. The molecule has 2 aromatic carbocycles. The molecule has 0 aliphatic rings. The Labute approximate surface area is 208 Å². The average molecular weight is 494 g/mol. The molecule has 188 valence electrons. The molecule has 0 spiro atoms. The van der Waals surface area contributed by atoms with Crippen molar-refractivity contribution in [3.05, 3.63) is 89.0 Å². The lowest BCUT2D eigenvalue weighted by atomic mass is 9.96. The Morgan fingerprint density at radius 1 is 1.08 bits per heavy atom. The Balaban J connectivity index is 1.70. The van der Waals surface area contributed by atoms with Gasteiger partial charge in [0.1, 0.15) is 18.5 Å². The second-order valence-corrected chi connectivity index (χ2v) is 8.02. The minimum Gasteiger partial charge on any atom is -0.467 e. The van der Waals surface area contributed by atoms with E-state index in [1.54, 1.807) is 36.5 Å². The normalized spacial score (nSPS) is 11.3. The van der Waals surface area contributed by atoms with Crippen molar-refractivity contribution in [1.82, 2.24) is 15.6 Å². The standard InChI is InChI=1S/C27H28FN3O5/c1-4-22-24(17(2)10-11-29-22)19-12-20(14-21(28)13-19)25(32)30-15-23(26(33)35-3)31-27(34)36-16-18-8-6-5-7-9-18/h5-14,23H,4,15-16H2,1-3H3,(H,30,32)(H,31,34)/t23-/m1/s1. The number of nitrogens with zero attached hydrogens (tertiary/aromatic N) is 1. The number of alkyl carbamates (subject to hydrolysis) is 1. The van der Waals surface area contributed by atoms with Crippen molar-refractivity contribution in [2.75, 3.05) is 13.7 Å². The quantitative estimate of drug-likeness (QED) is 0.437. The maximum atomic E-state index is 14.5. The van der Waals surface area contributed by atoms with Crippen LogP contribution in [0.1, 0.15) is 34.1 Å². The summed E-state index contributed by atoms with van der Waals surface area (Å²) in [6.07, 6.45) is 1.48. The Hall–Kier alpha value is -4.27. The molecule has 0 saturated carbocycles. The number of hydrogen-bond acceptors (Lipinski definition) is 6. The van der Waals surface area contributed by atoms with Crippen LogP contribution in [0.25, 0.3) is 11.1 Å². The summed E-state index contributed by atoms with van der Waals surface area (Å²) >= 11 is 0. The van der Waals surface area contributed by atoms with Crippen LogP contribution in [0, 0.1) is 12.7 Å². The fraction of sp³-hybridized carbons (Fsp3) is 0.259. The lowest BCUT2D eigenvalue weighted by Gasteiger charge is -2.17. The highest BCUT2D eigenvalue weighted by Gasteiger charge is 2.24. The van der Waals surface area contributed by atoms with Crippen LogP contribution in [0.3, 0.4) is 0 Å². The minimum absolute atomic E-state index is 0.00645. The minimum atomic E-state index is -1.21. The topological polar surface area (TPSA) is 107 Å². The molecule has 0 fully saturated rings. The van der Waals surface area contributed by atoms with Gasteiger partial charge in [-0.1, -0.05) is 37.3 Å². The van der Waals surface area contributed by atoms with Gasteiger partial charge in [-0.25, -0.2) is 14.0 Å². The molecular weight excluding hydrogens is 465 g/mol. The third-order valence-corrected chi connectivity index (χ3v) is 5.48. The fourth-order valence-corrected chi connectivity index (χ4v) is 3.68. The van der Waals surface area contributed by atoms with Crippen LogP contribution < -0.4 is 10.6 Å². The maximum Gasteiger partial charge on any atom is 0.408 e. The number of aromatic nitrogens is 1. The average Bonchev–Trinajstić information content (AvgIpc) is 2.89. The van der Waals surface area contributed by atoms with E-state index in [0.717, 1.165) is 35.6 Å². The fourth-order valence-electron chi connectivity index (χ4n) is 3.68. The molecule has 1 atom stereocenters. The summed E-state index contributed by atoms with van der Waals surface area (Å²) < 4.78 is 24.3. The van der Waals surface area contributed by atoms with E-state index in [0.29, 0.717) is 12.0 Å². The van der Waals surface area contributed by atoms with Crippen molar-refractivity contribution < 1.29 is 28.2 Å². The van der Waals surface area contributed by atoms with E-state index in [1.165, 1.54) is 6.07 Å². The van der Waals surface area contributed by atoms with Gasteiger partial charge >= 0.3 is 12.1 Å². The van der Waals surface area contributed by atoms with Crippen molar-refractivity contribution >= 4 is 18.0 Å². The molecule has 9 heteroatoms. The van der Waals surface area contributed by atoms with Crippen LogP contribution in [0.15, 0.2) is 60.8 Å². The lowest BCUT2D eigenvalue weighted by molar-refractivity contribution is -0.142. The van der Waals surface area contributed by atoms with Crippen LogP contribution in [-0.4, -0.2) is 42.7 Å². The number of pyridine rings is 1. The highest BCUT2D eigenvalue weighted by atomic mass is 19.1. The molecule has 3 rings (SSSR count). The maximum absolute atomic E-state index is 14.5. The van der Waals surface area contributed by atoms with Gasteiger partial charge < -0.3 is 20.1 Å². The van der Waals surface area contributed by atoms with Crippen molar-refractivity contribution in [2.45, 2.75) is 32.9 Å². The number of rotatable bonds is 9. The van der Waals surface area contributed by atoms with Gasteiger partial charge in [-0.05, 0) is 54.3 Å². The zero-order valence-corrected chi connectivity index (χ0v) is 20.3. The molecule has 0 bridgehead atoms. The summed E-state index contributed by atoms with van der Waals surface area (Å²) in [6, 6.07) is 13.7. The van der Waals surface area contributed by atoms with Crippen molar-refractivity contribution in [3.8, 4) is 11.1 Å². The number of hydrogen-bond donors (Lipinski definition) is 2. The van der Waals surface area contributed by atoms with Gasteiger partial charge in [0.05, 0.1) is 7.11 Å². The number of aryl methyl sites for hydroxylation is 2. The third kappa shape index (κ3) is 6.88. The van der Waals surface area contributed by atoms with E-state index in [2.05, 4.69) is 15.6 Å². The molecular formula is C27H28FN3O5. The number of benzene rings is 2. The monoisotopic (exact) mass is 493 g/mol. The van der Waals surface area contributed by atoms with E-state index in [-0.39, 0.29) is 18.7 Å². The number of esters is 1. The Morgan fingerprint density at radius 2 is 1.83 bits per heavy atom. The first-order chi connectivity index (χ1) is 17.3. The number of carbonyl (C=O) groups excluding carboxylic acids is 3. The largest absolute Gasteiger partial charge is 0.467 e. The van der Waals surface area contributed by atoms with Crippen molar-refractivity contribution in [2.24, 2.45) is 0 Å². The molecule has 3 aromatic rings. The van der Waals surface area contributed by atoms with Crippen LogP contribution in [0.5, 0.6) is 0 Å². The molecule has 0 aliphatic carbocycles. The summed E-state index contributed by atoms with van der Waals surface area (Å²) in [7, 11) is 1.16. The first-order valence-corrected chi connectivity index (χ1v) is 11.4. The molecule has 1 heterocycles. The van der Waals surface area contributed by atoms with Crippen LogP contribution in [0.2, 0.25) is 0 Å². The number of halogens is 1. The van der Waals surface area contributed by atoms with E-state index >= 15 is 0 Å². The SMILES string of the molecule is CCc1nccc(C)c1-c1cc(F)cc(C(=O)NC[C@@H](NC(=O)OCc2ccccc2)C(=O)OC)c1. The second-order valence-electron chi connectivity index (χ2n) is 8.02. The third-order valence-electron chi connectivity index (χ3n) is 5.48. The number of methoxy groups -OCH3 is 1.